The number of carbonyl (C=O) groups is 1. The van der Waals surface area contributed by atoms with E-state index in [2.05, 4.69) is 10.6 Å². The Morgan fingerprint density at radius 2 is 2.48 bits per heavy atom. The predicted octanol–water partition coefficient (Wildman–Crippen LogP) is 1.85. The Morgan fingerprint density at radius 3 is 3.24 bits per heavy atom. The van der Waals surface area contributed by atoms with Crippen LogP contribution in [0.15, 0.2) is 24.3 Å². The Kier molecular flexibility index (Phi) is 5.00. The molecule has 2 N–H and O–H groups in total. The molecule has 0 aromatic heterocycles. The van der Waals surface area contributed by atoms with Gasteiger partial charge < -0.3 is 14.8 Å². The van der Waals surface area contributed by atoms with Gasteiger partial charge in [-0.2, -0.15) is 0 Å². The first-order chi connectivity index (χ1) is 10.3. The summed E-state index contributed by atoms with van der Waals surface area (Å²) in [6.45, 7) is 1.40. The molecular formula is C15H20N2O3S. The van der Waals surface area contributed by atoms with Crippen LogP contribution in [0.3, 0.4) is 0 Å². The Labute approximate surface area is 128 Å². The number of nitrogens with one attached hydrogen (secondary N) is 2. The summed E-state index contributed by atoms with van der Waals surface area (Å²) >= 11 is 1.74. The smallest absolute Gasteiger partial charge is 0.242 e. The maximum absolute atomic E-state index is 12.0. The van der Waals surface area contributed by atoms with Gasteiger partial charge in [-0.1, -0.05) is 6.07 Å². The second-order valence-electron chi connectivity index (χ2n) is 5.23. The van der Waals surface area contributed by atoms with Crippen LogP contribution in [0.2, 0.25) is 0 Å². The molecule has 1 amide bonds. The molecule has 5 nitrogen and oxygen atoms in total. The van der Waals surface area contributed by atoms with Crippen molar-refractivity contribution in [3.8, 4) is 5.75 Å². The second kappa shape index (κ2) is 7.15. The number of benzene rings is 1. The van der Waals surface area contributed by atoms with Crippen molar-refractivity contribution in [1.82, 2.24) is 5.32 Å². The number of hydrogen-bond donors (Lipinski definition) is 2. The van der Waals surface area contributed by atoms with E-state index in [9.17, 15) is 4.79 Å². The summed E-state index contributed by atoms with van der Waals surface area (Å²) in [4.78, 5) is 12.0. The zero-order valence-electron chi connectivity index (χ0n) is 11.8. The number of amides is 1. The van der Waals surface area contributed by atoms with E-state index in [0.29, 0.717) is 6.61 Å². The molecule has 2 fully saturated rings. The Bertz CT molecular complexity index is 486. The first kappa shape index (κ1) is 14.7. The number of rotatable bonds is 5. The van der Waals surface area contributed by atoms with Gasteiger partial charge in [-0.15, -0.1) is 11.8 Å². The van der Waals surface area contributed by atoms with Gasteiger partial charge in [0.2, 0.25) is 5.91 Å². The predicted molar refractivity (Wildman–Crippen MR) is 83.8 cm³/mol. The third-order valence-electron chi connectivity index (χ3n) is 3.59. The number of thioether (sulfide) groups is 1. The molecular weight excluding hydrogens is 288 g/mol. The van der Waals surface area contributed by atoms with Crippen LogP contribution in [-0.4, -0.2) is 42.9 Å². The van der Waals surface area contributed by atoms with Crippen molar-refractivity contribution in [3.05, 3.63) is 24.3 Å². The lowest BCUT2D eigenvalue weighted by atomic mass is 10.2. The summed E-state index contributed by atoms with van der Waals surface area (Å²) < 4.78 is 11.3. The summed E-state index contributed by atoms with van der Waals surface area (Å²) in [7, 11) is 0. The Hall–Kier alpha value is -1.24. The molecule has 1 aromatic rings. The van der Waals surface area contributed by atoms with Crippen molar-refractivity contribution in [3.63, 3.8) is 0 Å². The molecule has 0 aliphatic carbocycles. The molecule has 2 aliphatic heterocycles. The molecule has 114 valence electrons. The Morgan fingerprint density at radius 1 is 1.52 bits per heavy atom. The van der Waals surface area contributed by atoms with Gasteiger partial charge >= 0.3 is 0 Å². The zero-order chi connectivity index (χ0) is 14.5. The third kappa shape index (κ3) is 4.12. The lowest BCUT2D eigenvalue weighted by Gasteiger charge is -2.14. The molecule has 0 saturated carbocycles. The minimum atomic E-state index is -0.105. The number of hydrogen-bond acceptors (Lipinski definition) is 5. The number of anilines is 1. The molecule has 2 saturated heterocycles. The van der Waals surface area contributed by atoms with Gasteiger partial charge in [-0.05, 0) is 25.0 Å². The maximum atomic E-state index is 12.0. The van der Waals surface area contributed by atoms with Gasteiger partial charge in [-0.3, -0.25) is 10.1 Å². The van der Waals surface area contributed by atoms with Gasteiger partial charge in [0.1, 0.15) is 12.4 Å². The van der Waals surface area contributed by atoms with Crippen molar-refractivity contribution in [2.75, 3.05) is 30.2 Å². The van der Waals surface area contributed by atoms with Crippen LogP contribution in [-0.2, 0) is 9.53 Å². The number of carbonyl (C=O) groups excluding carboxylic acids is 1. The van der Waals surface area contributed by atoms with E-state index in [1.54, 1.807) is 11.8 Å². The van der Waals surface area contributed by atoms with Gasteiger partial charge in [0.15, 0.2) is 0 Å². The molecule has 2 unspecified atom stereocenters. The zero-order valence-corrected chi connectivity index (χ0v) is 12.7. The van der Waals surface area contributed by atoms with Crippen molar-refractivity contribution in [2.45, 2.75) is 25.0 Å². The normalized spacial score (nSPS) is 25.0. The molecule has 3 rings (SSSR count). The van der Waals surface area contributed by atoms with Gasteiger partial charge in [0.05, 0.1) is 12.1 Å². The molecule has 1 aromatic carbocycles. The first-order valence-corrected chi connectivity index (χ1v) is 8.43. The van der Waals surface area contributed by atoms with Crippen LogP contribution in [0, 0.1) is 0 Å². The first-order valence-electron chi connectivity index (χ1n) is 7.28. The van der Waals surface area contributed by atoms with E-state index in [0.717, 1.165) is 42.5 Å². The largest absolute Gasteiger partial charge is 0.491 e. The summed E-state index contributed by atoms with van der Waals surface area (Å²) in [6, 6.07) is 7.41. The highest BCUT2D eigenvalue weighted by atomic mass is 32.2. The highest BCUT2D eigenvalue weighted by Crippen LogP contribution is 2.20. The van der Waals surface area contributed by atoms with E-state index in [1.807, 2.05) is 24.3 Å². The molecule has 2 heterocycles. The maximum Gasteiger partial charge on any atom is 0.242 e. The molecule has 0 radical (unpaired) electrons. The van der Waals surface area contributed by atoms with Crippen molar-refractivity contribution in [1.29, 1.82) is 0 Å². The highest BCUT2D eigenvalue weighted by Gasteiger charge is 2.22. The third-order valence-corrected chi connectivity index (χ3v) is 4.53. The monoisotopic (exact) mass is 308 g/mol. The fourth-order valence-corrected chi connectivity index (χ4v) is 3.36. The Balaban J connectivity index is 1.53. The molecule has 21 heavy (non-hydrogen) atoms. The van der Waals surface area contributed by atoms with Crippen LogP contribution in [0.5, 0.6) is 5.75 Å². The summed E-state index contributed by atoms with van der Waals surface area (Å²) in [5.41, 5.74) is 0.767. The molecule has 2 atom stereocenters. The fraction of sp³-hybridized carbons (Fsp3) is 0.533. The van der Waals surface area contributed by atoms with Gasteiger partial charge in [0, 0.05) is 30.0 Å². The van der Waals surface area contributed by atoms with E-state index >= 15 is 0 Å². The SMILES string of the molecule is O=C(Nc1cccc(OCC2CCCO2)c1)C1CSCN1. The van der Waals surface area contributed by atoms with Crippen molar-refractivity contribution < 1.29 is 14.3 Å². The van der Waals surface area contributed by atoms with Crippen molar-refractivity contribution >= 4 is 23.4 Å². The van der Waals surface area contributed by atoms with Crippen LogP contribution >= 0.6 is 11.8 Å². The fourth-order valence-electron chi connectivity index (χ4n) is 2.42. The van der Waals surface area contributed by atoms with E-state index in [1.165, 1.54) is 0 Å². The van der Waals surface area contributed by atoms with Gasteiger partial charge in [-0.25, -0.2) is 0 Å². The van der Waals surface area contributed by atoms with E-state index < -0.39 is 0 Å². The lowest BCUT2D eigenvalue weighted by molar-refractivity contribution is -0.117. The summed E-state index contributed by atoms with van der Waals surface area (Å²) in [6.07, 6.45) is 2.36. The molecule has 0 spiro atoms. The summed E-state index contributed by atoms with van der Waals surface area (Å²) in [5.74, 6) is 2.43. The average Bonchev–Trinajstić information content (AvgIpc) is 3.19. The topological polar surface area (TPSA) is 59.6 Å². The van der Waals surface area contributed by atoms with E-state index in [4.69, 9.17) is 9.47 Å². The minimum Gasteiger partial charge on any atom is -0.491 e. The minimum absolute atomic E-state index is 0.0104. The van der Waals surface area contributed by atoms with Crippen molar-refractivity contribution in [2.24, 2.45) is 0 Å². The second-order valence-corrected chi connectivity index (χ2v) is 6.27. The number of ether oxygens (including phenoxy) is 2. The molecule has 0 bridgehead atoms. The van der Waals surface area contributed by atoms with Crippen LogP contribution < -0.4 is 15.4 Å². The van der Waals surface area contributed by atoms with Crippen LogP contribution in [0.4, 0.5) is 5.69 Å². The molecule has 2 aliphatic rings. The standard InChI is InChI=1S/C15H20N2O3S/c18-15(14-9-21-10-16-14)17-11-3-1-4-12(7-11)20-8-13-5-2-6-19-13/h1,3-4,7,13-14,16H,2,5-6,8-10H2,(H,17,18). The van der Waals surface area contributed by atoms with E-state index in [-0.39, 0.29) is 18.1 Å². The van der Waals surface area contributed by atoms with Crippen LogP contribution in [0.25, 0.3) is 0 Å². The quantitative estimate of drug-likeness (QED) is 0.869. The highest BCUT2D eigenvalue weighted by molar-refractivity contribution is 7.99. The van der Waals surface area contributed by atoms with Gasteiger partial charge in [0.25, 0.3) is 0 Å². The average molecular weight is 308 g/mol. The summed E-state index contributed by atoms with van der Waals surface area (Å²) in [5, 5.41) is 6.08. The molecule has 6 heteroatoms. The lowest BCUT2D eigenvalue weighted by Crippen LogP contribution is -2.37. The van der Waals surface area contributed by atoms with Crippen LogP contribution in [0.1, 0.15) is 12.8 Å².